The Morgan fingerprint density at radius 2 is 2.04 bits per heavy atom. The van der Waals surface area contributed by atoms with Gasteiger partial charge in [0.15, 0.2) is 11.8 Å². The van der Waals surface area contributed by atoms with Gasteiger partial charge in [-0.15, -0.1) is 0 Å². The van der Waals surface area contributed by atoms with Gasteiger partial charge in [0.25, 0.3) is 5.91 Å². The van der Waals surface area contributed by atoms with Crippen molar-refractivity contribution in [3.05, 3.63) is 54.1 Å². The van der Waals surface area contributed by atoms with Gasteiger partial charge in [0.2, 0.25) is 0 Å². The zero-order chi connectivity index (χ0) is 16.4. The second kappa shape index (κ2) is 6.37. The van der Waals surface area contributed by atoms with Gasteiger partial charge in [-0.2, -0.15) is 5.10 Å². The number of hydrogen-bond acceptors (Lipinski definition) is 5. The van der Waals surface area contributed by atoms with Crippen molar-refractivity contribution < 1.29 is 9.53 Å². The molecular formula is C17H14N4O2S. The lowest BCUT2D eigenvalue weighted by Gasteiger charge is -2.20. The molecule has 0 saturated heterocycles. The first kappa shape index (κ1) is 14.8. The summed E-state index contributed by atoms with van der Waals surface area (Å²) in [5.41, 5.74) is 6.40. The molecule has 0 radical (unpaired) electrons. The number of amidine groups is 1. The first-order valence-corrected chi connectivity index (χ1v) is 8.43. The smallest absolute Gasteiger partial charge is 0.262 e. The fourth-order valence-electron chi connectivity index (χ4n) is 2.40. The molecule has 1 amide bonds. The molecule has 2 aromatic rings. The third-order valence-corrected chi connectivity index (χ3v) is 4.44. The predicted molar refractivity (Wildman–Crippen MR) is 96.2 cm³/mol. The molecule has 0 atom stereocenters. The zero-order valence-corrected chi connectivity index (χ0v) is 13.5. The van der Waals surface area contributed by atoms with Gasteiger partial charge in [0.1, 0.15) is 5.75 Å². The van der Waals surface area contributed by atoms with Crippen LogP contribution in [-0.2, 0) is 4.79 Å². The van der Waals surface area contributed by atoms with Gasteiger partial charge >= 0.3 is 0 Å². The maximum atomic E-state index is 11.4. The van der Waals surface area contributed by atoms with Gasteiger partial charge < -0.3 is 10.1 Å². The highest BCUT2D eigenvalue weighted by atomic mass is 32.2. The van der Waals surface area contributed by atoms with Crippen LogP contribution in [0.2, 0.25) is 0 Å². The Bertz CT molecular complexity index is 849. The van der Waals surface area contributed by atoms with E-state index < -0.39 is 0 Å². The quantitative estimate of drug-likeness (QED) is 0.883. The van der Waals surface area contributed by atoms with E-state index >= 15 is 0 Å². The number of nitrogens with one attached hydrogen (secondary N) is 2. The topological polar surface area (TPSA) is 75.1 Å². The molecule has 24 heavy (non-hydrogen) atoms. The van der Waals surface area contributed by atoms with E-state index in [1.807, 2.05) is 48.5 Å². The van der Waals surface area contributed by atoms with E-state index in [9.17, 15) is 4.79 Å². The summed E-state index contributed by atoms with van der Waals surface area (Å²) in [7, 11) is 0. The van der Waals surface area contributed by atoms with Crippen LogP contribution in [0, 0.1) is 0 Å². The molecule has 0 saturated carbocycles. The van der Waals surface area contributed by atoms with Crippen molar-refractivity contribution in [1.29, 1.82) is 0 Å². The summed E-state index contributed by atoms with van der Waals surface area (Å²) in [4.78, 5) is 15.9. The highest BCUT2D eigenvalue weighted by Gasteiger charge is 2.19. The number of hydrogen-bond donors (Lipinski definition) is 2. The molecule has 2 aliphatic rings. The van der Waals surface area contributed by atoms with Gasteiger partial charge in [-0.25, -0.2) is 4.99 Å². The SMILES string of the molecule is O=C1COc2ccc(C3=NNC(=Nc4ccccc4)SC3)cc2N1. The second-order valence-corrected chi connectivity index (χ2v) is 6.22. The van der Waals surface area contributed by atoms with Crippen molar-refractivity contribution in [2.24, 2.45) is 10.1 Å². The van der Waals surface area contributed by atoms with E-state index in [0.29, 0.717) is 17.2 Å². The number of hydrazone groups is 1. The summed E-state index contributed by atoms with van der Waals surface area (Å²) in [6, 6.07) is 15.4. The molecule has 4 rings (SSSR count). The number of aliphatic imine (C=N–C) groups is 1. The lowest BCUT2D eigenvalue weighted by Crippen LogP contribution is -2.27. The van der Waals surface area contributed by atoms with E-state index in [4.69, 9.17) is 4.74 Å². The van der Waals surface area contributed by atoms with Crippen LogP contribution in [0.25, 0.3) is 0 Å². The van der Waals surface area contributed by atoms with Crippen LogP contribution in [0.5, 0.6) is 5.75 Å². The molecule has 0 aromatic heterocycles. The summed E-state index contributed by atoms with van der Waals surface area (Å²) >= 11 is 1.59. The Hall–Kier alpha value is -2.80. The molecule has 0 bridgehead atoms. The lowest BCUT2D eigenvalue weighted by atomic mass is 10.1. The number of benzene rings is 2. The fourth-order valence-corrected chi connectivity index (χ4v) is 3.19. The standard InChI is InChI=1S/C17H14N4O2S/c22-16-9-23-15-7-6-11(8-13(15)19-16)14-10-24-17(21-20-14)18-12-4-2-1-3-5-12/h1-8H,9-10H2,(H,18,21)(H,19,22). The molecule has 2 aromatic carbocycles. The van der Waals surface area contributed by atoms with Crippen LogP contribution in [0.3, 0.4) is 0 Å². The fraction of sp³-hybridized carbons (Fsp3) is 0.118. The van der Waals surface area contributed by atoms with Crippen LogP contribution >= 0.6 is 11.8 Å². The minimum Gasteiger partial charge on any atom is -0.482 e. The van der Waals surface area contributed by atoms with Crippen molar-refractivity contribution >= 4 is 39.9 Å². The summed E-state index contributed by atoms with van der Waals surface area (Å²) in [6.07, 6.45) is 0. The molecule has 120 valence electrons. The summed E-state index contributed by atoms with van der Waals surface area (Å²) < 4.78 is 5.37. The minimum absolute atomic E-state index is 0.0595. The summed E-state index contributed by atoms with van der Waals surface area (Å²) in [6.45, 7) is 0.0595. The van der Waals surface area contributed by atoms with Crippen LogP contribution in [0.15, 0.2) is 58.6 Å². The second-order valence-electron chi connectivity index (χ2n) is 5.26. The molecule has 2 heterocycles. The molecule has 0 aliphatic carbocycles. The van der Waals surface area contributed by atoms with Crippen molar-refractivity contribution in [1.82, 2.24) is 5.43 Å². The Balaban J connectivity index is 1.53. The third kappa shape index (κ3) is 3.11. The van der Waals surface area contributed by atoms with Crippen LogP contribution in [0.4, 0.5) is 11.4 Å². The molecule has 6 nitrogen and oxygen atoms in total. The number of carbonyl (C=O) groups excluding carboxylic acids is 1. The number of anilines is 1. The van der Waals surface area contributed by atoms with Gasteiger partial charge in [-0.05, 0) is 30.3 Å². The summed E-state index contributed by atoms with van der Waals surface area (Å²) in [5, 5.41) is 7.98. The van der Waals surface area contributed by atoms with E-state index in [0.717, 1.165) is 22.1 Å². The number of para-hydroxylation sites is 1. The minimum atomic E-state index is -0.144. The highest BCUT2D eigenvalue weighted by molar-refractivity contribution is 8.14. The summed E-state index contributed by atoms with van der Waals surface area (Å²) in [5.74, 6) is 1.24. The predicted octanol–water partition coefficient (Wildman–Crippen LogP) is 2.75. The van der Waals surface area contributed by atoms with Crippen molar-refractivity contribution in [3.8, 4) is 5.75 Å². The number of fused-ring (bicyclic) bond motifs is 1. The van der Waals surface area contributed by atoms with Crippen molar-refractivity contribution in [2.45, 2.75) is 0 Å². The van der Waals surface area contributed by atoms with Gasteiger partial charge in [-0.1, -0.05) is 30.0 Å². The Morgan fingerprint density at radius 3 is 2.83 bits per heavy atom. The molecule has 0 spiro atoms. The number of amides is 1. The monoisotopic (exact) mass is 338 g/mol. The van der Waals surface area contributed by atoms with Gasteiger partial charge in [0, 0.05) is 11.3 Å². The van der Waals surface area contributed by atoms with Crippen LogP contribution in [0.1, 0.15) is 5.56 Å². The normalized spacial score (nSPS) is 18.1. The maximum absolute atomic E-state index is 11.4. The van der Waals surface area contributed by atoms with Gasteiger partial charge in [0.05, 0.1) is 17.1 Å². The molecule has 2 N–H and O–H groups in total. The molecular weight excluding hydrogens is 324 g/mol. The Kier molecular flexibility index (Phi) is 3.92. The van der Waals surface area contributed by atoms with Crippen molar-refractivity contribution in [3.63, 3.8) is 0 Å². The first-order valence-electron chi connectivity index (χ1n) is 7.44. The van der Waals surface area contributed by atoms with E-state index in [-0.39, 0.29) is 12.5 Å². The average molecular weight is 338 g/mol. The van der Waals surface area contributed by atoms with Gasteiger partial charge in [-0.3, -0.25) is 10.2 Å². The largest absolute Gasteiger partial charge is 0.482 e. The number of thioether (sulfide) groups is 1. The number of ether oxygens (including phenoxy) is 1. The molecule has 7 heteroatoms. The average Bonchev–Trinajstić information content (AvgIpc) is 2.62. The number of carbonyl (C=O) groups is 1. The van der Waals surface area contributed by atoms with Crippen LogP contribution in [-0.4, -0.2) is 29.1 Å². The van der Waals surface area contributed by atoms with Crippen molar-refractivity contribution in [2.75, 3.05) is 17.7 Å². The number of nitrogens with zero attached hydrogens (tertiary/aromatic N) is 2. The maximum Gasteiger partial charge on any atom is 0.262 e. The Labute approximate surface area is 143 Å². The Morgan fingerprint density at radius 1 is 1.17 bits per heavy atom. The first-order chi connectivity index (χ1) is 11.8. The number of rotatable bonds is 2. The van der Waals surface area contributed by atoms with E-state index in [2.05, 4.69) is 20.8 Å². The zero-order valence-electron chi connectivity index (χ0n) is 12.7. The molecule has 0 fully saturated rings. The highest BCUT2D eigenvalue weighted by Crippen LogP contribution is 2.29. The lowest BCUT2D eigenvalue weighted by molar-refractivity contribution is -0.118. The van der Waals surface area contributed by atoms with E-state index in [1.54, 1.807) is 11.8 Å². The molecule has 2 aliphatic heterocycles. The van der Waals surface area contributed by atoms with Crippen LogP contribution < -0.4 is 15.5 Å². The molecule has 0 unspecified atom stereocenters. The third-order valence-electron chi connectivity index (χ3n) is 3.56. The van der Waals surface area contributed by atoms with E-state index in [1.165, 1.54) is 0 Å².